The molecule has 3 aromatic rings. The van der Waals surface area contributed by atoms with E-state index in [-0.39, 0.29) is 17.9 Å². The third kappa shape index (κ3) is 4.53. The molecule has 0 spiro atoms. The van der Waals surface area contributed by atoms with Gasteiger partial charge in [0.2, 0.25) is 0 Å². The Labute approximate surface area is 219 Å². The van der Waals surface area contributed by atoms with Crippen LogP contribution in [0.5, 0.6) is 0 Å². The summed E-state index contributed by atoms with van der Waals surface area (Å²) in [5, 5.41) is 21.8. The number of hydrogen-bond donors (Lipinski definition) is 2. The van der Waals surface area contributed by atoms with E-state index in [0.29, 0.717) is 24.5 Å². The number of halogens is 2. The molecule has 0 radical (unpaired) electrons. The number of carboxylic acid groups (broad SMARTS) is 1. The summed E-state index contributed by atoms with van der Waals surface area (Å²) in [5.74, 6) is -1.99. The zero-order valence-corrected chi connectivity index (χ0v) is 21.6. The summed E-state index contributed by atoms with van der Waals surface area (Å²) in [6, 6.07) is 15.1. The number of hydrogen-bond acceptors (Lipinski definition) is 6. The van der Waals surface area contributed by atoms with Crippen LogP contribution in [-0.2, 0) is 4.79 Å². The van der Waals surface area contributed by atoms with E-state index in [2.05, 4.69) is 9.80 Å². The van der Waals surface area contributed by atoms with E-state index in [1.54, 1.807) is 11.3 Å². The number of likely N-dealkylation sites (tertiary alicyclic amines) is 1. The van der Waals surface area contributed by atoms with Crippen molar-refractivity contribution in [2.45, 2.75) is 36.1 Å². The van der Waals surface area contributed by atoms with Gasteiger partial charge < -0.3 is 15.1 Å². The highest BCUT2D eigenvalue weighted by molar-refractivity contribution is 7.22. The van der Waals surface area contributed by atoms with Gasteiger partial charge in [-0.3, -0.25) is 9.69 Å². The number of aliphatic carboxylic acids is 1. The second-order valence-electron chi connectivity index (χ2n) is 9.47. The molecular formula is C26H29Cl2N3O3S. The van der Waals surface area contributed by atoms with Crippen molar-refractivity contribution in [3.63, 3.8) is 0 Å². The first-order chi connectivity index (χ1) is 16.9. The molecule has 35 heavy (non-hydrogen) atoms. The van der Waals surface area contributed by atoms with Gasteiger partial charge in [-0.25, -0.2) is 4.98 Å². The largest absolute Gasteiger partial charge is 0.481 e. The van der Waals surface area contributed by atoms with Crippen LogP contribution in [-0.4, -0.2) is 69.8 Å². The predicted molar refractivity (Wildman–Crippen MR) is 142 cm³/mol. The van der Waals surface area contributed by atoms with Gasteiger partial charge in [-0.15, -0.1) is 11.6 Å². The minimum Gasteiger partial charge on any atom is -0.481 e. The van der Waals surface area contributed by atoms with E-state index < -0.39 is 17.4 Å². The first kappa shape index (κ1) is 24.8. The maximum atomic E-state index is 12.9. The molecule has 2 aromatic carbocycles. The summed E-state index contributed by atoms with van der Waals surface area (Å²) in [6.07, 6.45) is 2.54. The molecule has 6 nitrogen and oxygen atoms in total. The Kier molecular flexibility index (Phi) is 7.24. The maximum absolute atomic E-state index is 12.9. The van der Waals surface area contributed by atoms with Crippen LogP contribution >= 0.6 is 34.5 Å². The molecule has 2 aliphatic heterocycles. The fraction of sp³-hybridized carbons (Fsp3) is 0.462. The molecule has 4 unspecified atom stereocenters. The highest BCUT2D eigenvalue weighted by atomic mass is 35.5. The number of nitrogens with zero attached hydrogens (tertiary/aromatic N) is 3. The van der Waals surface area contributed by atoms with Crippen molar-refractivity contribution < 1.29 is 15.0 Å². The second kappa shape index (κ2) is 10.2. The van der Waals surface area contributed by atoms with Crippen LogP contribution in [0.2, 0.25) is 5.02 Å². The summed E-state index contributed by atoms with van der Waals surface area (Å²) < 4.78 is 0.986. The average Bonchev–Trinajstić information content (AvgIpc) is 3.52. The zero-order chi connectivity index (χ0) is 24.6. The minimum absolute atomic E-state index is 0.0447. The van der Waals surface area contributed by atoms with Gasteiger partial charge in [0.05, 0.1) is 21.5 Å². The van der Waals surface area contributed by atoms with E-state index in [1.165, 1.54) is 0 Å². The van der Waals surface area contributed by atoms with Gasteiger partial charge in [0.25, 0.3) is 0 Å². The highest BCUT2D eigenvalue weighted by Gasteiger charge is 2.57. The lowest BCUT2D eigenvalue weighted by molar-refractivity contribution is -0.142. The third-order valence-corrected chi connectivity index (χ3v) is 9.46. The molecule has 5 rings (SSSR count). The van der Waals surface area contributed by atoms with E-state index in [1.807, 2.05) is 48.5 Å². The molecule has 4 atom stereocenters. The minimum atomic E-state index is -0.871. The fourth-order valence-corrected chi connectivity index (χ4v) is 7.91. The Morgan fingerprint density at radius 3 is 2.60 bits per heavy atom. The van der Waals surface area contributed by atoms with Crippen molar-refractivity contribution in [3.8, 4) is 0 Å². The summed E-state index contributed by atoms with van der Waals surface area (Å²) in [6.45, 7) is 2.69. The van der Waals surface area contributed by atoms with Gasteiger partial charge in [0.15, 0.2) is 5.13 Å². The summed E-state index contributed by atoms with van der Waals surface area (Å²) in [4.78, 5) is 22.2. The predicted octanol–water partition coefficient (Wildman–Crippen LogP) is 5.08. The standard InChI is InChI=1S/C26H29Cl2N3O3S/c27-18-8-9-20-21(14-18)35-25(29-20)30-15-19(23(24(33)34)17-6-2-1-3-7-17)26(10-13-32,22(28)16-30)31-11-4-5-12-31/h1-3,6-9,14,19,22-23,32H,4-5,10-13,15-16H2,(H,33,34). The normalized spacial score (nSPS) is 26.3. The lowest BCUT2D eigenvalue weighted by Gasteiger charge is -2.56. The molecule has 186 valence electrons. The topological polar surface area (TPSA) is 76.9 Å². The number of alkyl halides is 1. The Morgan fingerprint density at radius 1 is 1.17 bits per heavy atom. The molecule has 0 amide bonds. The molecule has 3 heterocycles. The summed E-state index contributed by atoms with van der Waals surface area (Å²) in [7, 11) is 0. The number of thiazole rings is 1. The van der Waals surface area contributed by atoms with Crippen LogP contribution in [0.15, 0.2) is 48.5 Å². The number of anilines is 1. The summed E-state index contributed by atoms with van der Waals surface area (Å²) >= 11 is 15.0. The van der Waals surface area contributed by atoms with Crippen molar-refractivity contribution in [2.24, 2.45) is 5.92 Å². The van der Waals surface area contributed by atoms with Gasteiger partial charge in [0.1, 0.15) is 0 Å². The first-order valence-electron chi connectivity index (χ1n) is 12.0. The van der Waals surface area contributed by atoms with Crippen LogP contribution in [0.25, 0.3) is 10.2 Å². The van der Waals surface area contributed by atoms with Crippen LogP contribution in [0.3, 0.4) is 0 Å². The fourth-order valence-electron chi connectivity index (χ4n) is 6.08. The Balaban J connectivity index is 1.61. The lowest BCUT2D eigenvalue weighted by Crippen LogP contribution is -2.69. The van der Waals surface area contributed by atoms with E-state index in [4.69, 9.17) is 28.2 Å². The van der Waals surface area contributed by atoms with Gasteiger partial charge >= 0.3 is 5.97 Å². The molecule has 2 N–H and O–H groups in total. The zero-order valence-electron chi connectivity index (χ0n) is 19.3. The number of aliphatic hydroxyl groups excluding tert-OH is 1. The molecule has 0 saturated carbocycles. The maximum Gasteiger partial charge on any atom is 0.311 e. The van der Waals surface area contributed by atoms with E-state index in [9.17, 15) is 15.0 Å². The molecule has 0 bridgehead atoms. The quantitative estimate of drug-likeness (QED) is 0.412. The van der Waals surface area contributed by atoms with Gasteiger partial charge in [-0.05, 0) is 56.1 Å². The number of aliphatic hydroxyl groups is 1. The Bertz CT molecular complexity index is 1190. The molecule has 2 aliphatic rings. The number of rotatable bonds is 7. The number of benzene rings is 2. The van der Waals surface area contributed by atoms with Crippen molar-refractivity contribution in [3.05, 3.63) is 59.1 Å². The molecule has 2 saturated heterocycles. The SMILES string of the molecule is O=C(O)C(c1ccccc1)C1CN(c2nc3ccc(Cl)cc3s2)CC(Cl)C1(CCO)N1CCCC1. The van der Waals surface area contributed by atoms with Crippen LogP contribution < -0.4 is 4.90 Å². The van der Waals surface area contributed by atoms with Crippen molar-refractivity contribution in [2.75, 3.05) is 37.7 Å². The molecule has 0 aliphatic carbocycles. The first-order valence-corrected chi connectivity index (χ1v) is 13.7. The highest BCUT2D eigenvalue weighted by Crippen LogP contribution is 2.49. The average molecular weight is 535 g/mol. The third-order valence-electron chi connectivity index (χ3n) is 7.63. The number of carbonyl (C=O) groups is 1. The van der Waals surface area contributed by atoms with Crippen molar-refractivity contribution in [1.29, 1.82) is 0 Å². The van der Waals surface area contributed by atoms with Crippen LogP contribution in [0, 0.1) is 5.92 Å². The lowest BCUT2D eigenvalue weighted by atomic mass is 9.66. The van der Waals surface area contributed by atoms with Crippen LogP contribution in [0.4, 0.5) is 5.13 Å². The van der Waals surface area contributed by atoms with Gasteiger partial charge in [-0.2, -0.15) is 0 Å². The van der Waals surface area contributed by atoms with Crippen molar-refractivity contribution >= 4 is 55.9 Å². The van der Waals surface area contributed by atoms with Gasteiger partial charge in [0, 0.05) is 36.2 Å². The Hall–Kier alpha value is -1.90. The number of carboxylic acids is 1. The Morgan fingerprint density at radius 2 is 1.91 bits per heavy atom. The number of piperidine rings is 1. The molecule has 2 fully saturated rings. The summed E-state index contributed by atoms with van der Waals surface area (Å²) in [5.41, 5.74) is 0.984. The van der Waals surface area contributed by atoms with Crippen LogP contribution in [0.1, 0.15) is 30.7 Å². The van der Waals surface area contributed by atoms with E-state index >= 15 is 0 Å². The second-order valence-corrected chi connectivity index (χ2v) is 11.4. The number of aromatic nitrogens is 1. The number of fused-ring (bicyclic) bond motifs is 1. The molecule has 9 heteroatoms. The van der Waals surface area contributed by atoms with Crippen molar-refractivity contribution in [1.82, 2.24) is 9.88 Å². The molecular weight excluding hydrogens is 505 g/mol. The molecule has 1 aromatic heterocycles. The monoisotopic (exact) mass is 533 g/mol. The van der Waals surface area contributed by atoms with Gasteiger partial charge in [-0.1, -0.05) is 53.3 Å². The smallest absolute Gasteiger partial charge is 0.311 e. The van der Waals surface area contributed by atoms with E-state index in [0.717, 1.165) is 46.8 Å².